The predicted octanol–water partition coefficient (Wildman–Crippen LogP) is 2.74. The van der Waals surface area contributed by atoms with E-state index in [1.807, 2.05) is 36.1 Å². The lowest BCUT2D eigenvalue weighted by molar-refractivity contribution is -0.143. The topological polar surface area (TPSA) is 155 Å². The fraction of sp³-hybridized carbons (Fsp3) is 0.485. The third kappa shape index (κ3) is 7.29. The lowest BCUT2D eigenvalue weighted by Gasteiger charge is -2.34. The van der Waals surface area contributed by atoms with E-state index in [2.05, 4.69) is 27.1 Å². The maximum Gasteiger partial charge on any atom is 0.407 e. The third-order valence-electron chi connectivity index (χ3n) is 7.67. The number of carbonyl (C=O) groups is 2. The Labute approximate surface area is 271 Å². The molecule has 1 atom stereocenters. The lowest BCUT2D eigenvalue weighted by atomic mass is 10.1. The van der Waals surface area contributed by atoms with Crippen LogP contribution in [0.5, 0.6) is 0 Å². The van der Waals surface area contributed by atoms with Crippen LogP contribution >= 0.6 is 0 Å². The highest BCUT2D eigenvalue weighted by molar-refractivity contribution is 5.80. The summed E-state index contributed by atoms with van der Waals surface area (Å²) in [5.74, 6) is 5.90. The average Bonchev–Trinajstić information content (AvgIpc) is 3.39. The molecule has 1 fully saturated rings. The van der Waals surface area contributed by atoms with E-state index in [1.165, 1.54) is 0 Å². The normalized spacial score (nSPS) is 14.9. The van der Waals surface area contributed by atoms with Gasteiger partial charge in [-0.1, -0.05) is 24.1 Å². The summed E-state index contributed by atoms with van der Waals surface area (Å²) in [4.78, 5) is 69.5. The summed E-state index contributed by atoms with van der Waals surface area (Å²) in [7, 11) is 0. The minimum absolute atomic E-state index is 0.0371. The first-order chi connectivity index (χ1) is 22.4. The molecule has 47 heavy (non-hydrogen) atoms. The fourth-order valence-electron chi connectivity index (χ4n) is 5.70. The Morgan fingerprint density at radius 1 is 1.09 bits per heavy atom. The predicted molar refractivity (Wildman–Crippen MR) is 176 cm³/mol. The van der Waals surface area contributed by atoms with Crippen LogP contribution in [0.4, 0.5) is 10.7 Å². The van der Waals surface area contributed by atoms with Gasteiger partial charge in [0.15, 0.2) is 11.2 Å². The van der Waals surface area contributed by atoms with Gasteiger partial charge in [-0.25, -0.2) is 19.6 Å². The van der Waals surface area contributed by atoms with Crippen molar-refractivity contribution in [2.75, 3.05) is 24.6 Å². The minimum atomic E-state index is -0.745. The van der Waals surface area contributed by atoms with Gasteiger partial charge in [-0.05, 0) is 60.5 Å². The number of carbonyl (C=O) groups excluding carboxylic acids is 2. The molecule has 14 nitrogen and oxygen atoms in total. The number of hydrogen-bond donors (Lipinski definition) is 1. The average molecular weight is 645 g/mol. The van der Waals surface area contributed by atoms with Crippen LogP contribution < -0.4 is 21.5 Å². The monoisotopic (exact) mass is 644 g/mol. The molecule has 4 heterocycles. The Morgan fingerprint density at radius 2 is 1.85 bits per heavy atom. The summed E-state index contributed by atoms with van der Waals surface area (Å²) in [6.45, 7) is 11.1. The van der Waals surface area contributed by atoms with Crippen LogP contribution in [0.15, 0.2) is 33.9 Å². The molecular weight excluding hydrogens is 604 g/mol. The van der Waals surface area contributed by atoms with Crippen molar-refractivity contribution in [1.29, 1.82) is 0 Å². The molecule has 14 heteroatoms. The second-order valence-corrected chi connectivity index (χ2v) is 12.3. The molecule has 4 aromatic rings. The largest absolute Gasteiger partial charge is 0.465 e. The zero-order chi connectivity index (χ0) is 33.9. The zero-order valence-corrected chi connectivity index (χ0v) is 27.6. The molecule has 0 saturated carbocycles. The number of rotatable bonds is 8. The number of fused-ring (bicyclic) bond motifs is 2. The molecule has 1 saturated heterocycles. The molecule has 1 aliphatic rings. The molecule has 1 aromatic carbocycles. The van der Waals surface area contributed by atoms with Crippen LogP contribution in [-0.2, 0) is 33.9 Å². The summed E-state index contributed by atoms with van der Waals surface area (Å²) in [6, 6.07) is 7.23. The van der Waals surface area contributed by atoms with Crippen molar-refractivity contribution in [3.05, 3.63) is 56.6 Å². The number of aryl methyl sites for hydroxylation is 1. The number of aromatic nitrogens is 6. The Morgan fingerprint density at radius 3 is 2.57 bits per heavy atom. The van der Waals surface area contributed by atoms with Gasteiger partial charge in [0.05, 0.1) is 25.2 Å². The van der Waals surface area contributed by atoms with Gasteiger partial charge in [-0.15, -0.1) is 5.92 Å². The molecule has 5 rings (SSSR count). The van der Waals surface area contributed by atoms with Crippen LogP contribution in [0.2, 0.25) is 0 Å². The molecule has 3 aromatic heterocycles. The number of benzene rings is 1. The van der Waals surface area contributed by atoms with Gasteiger partial charge in [0, 0.05) is 30.2 Å². The minimum Gasteiger partial charge on any atom is -0.465 e. The molecular formula is C33H40N8O6. The fourth-order valence-corrected chi connectivity index (χ4v) is 5.70. The van der Waals surface area contributed by atoms with Gasteiger partial charge in [0.1, 0.15) is 18.0 Å². The number of ether oxygens (including phenoxy) is 2. The summed E-state index contributed by atoms with van der Waals surface area (Å²) in [5.41, 5.74) is -0.480. The zero-order valence-electron chi connectivity index (χ0n) is 27.6. The van der Waals surface area contributed by atoms with Gasteiger partial charge in [0.25, 0.3) is 5.56 Å². The second-order valence-electron chi connectivity index (χ2n) is 12.3. The first kappa shape index (κ1) is 33.2. The van der Waals surface area contributed by atoms with Crippen molar-refractivity contribution in [2.24, 2.45) is 0 Å². The van der Waals surface area contributed by atoms with Crippen molar-refractivity contribution in [2.45, 2.75) is 85.7 Å². The van der Waals surface area contributed by atoms with E-state index in [9.17, 15) is 19.2 Å². The molecule has 248 valence electrons. The van der Waals surface area contributed by atoms with Crippen LogP contribution in [0.1, 0.15) is 59.0 Å². The summed E-state index contributed by atoms with van der Waals surface area (Å²) >= 11 is 0. The van der Waals surface area contributed by atoms with Crippen LogP contribution in [0.3, 0.4) is 0 Å². The summed E-state index contributed by atoms with van der Waals surface area (Å²) in [5, 5.41) is 3.79. The van der Waals surface area contributed by atoms with Gasteiger partial charge in [0.2, 0.25) is 5.95 Å². The highest BCUT2D eigenvalue weighted by Gasteiger charge is 2.30. The first-order valence-electron chi connectivity index (χ1n) is 15.7. The molecule has 1 amide bonds. The molecule has 1 N–H and O–H groups in total. The highest BCUT2D eigenvalue weighted by Crippen LogP contribution is 2.24. The number of anilines is 1. The van der Waals surface area contributed by atoms with Crippen molar-refractivity contribution in [3.8, 4) is 11.8 Å². The van der Waals surface area contributed by atoms with E-state index in [4.69, 9.17) is 14.5 Å². The first-order valence-corrected chi connectivity index (χ1v) is 15.7. The maximum absolute atomic E-state index is 14.3. The second kappa shape index (κ2) is 13.7. The van der Waals surface area contributed by atoms with Crippen molar-refractivity contribution < 1.29 is 19.1 Å². The molecule has 1 unspecified atom stereocenters. The maximum atomic E-state index is 14.3. The highest BCUT2D eigenvalue weighted by atomic mass is 16.6. The molecule has 0 aliphatic carbocycles. The summed E-state index contributed by atoms with van der Waals surface area (Å²) < 4.78 is 14.5. The van der Waals surface area contributed by atoms with Gasteiger partial charge >= 0.3 is 17.8 Å². The third-order valence-corrected chi connectivity index (χ3v) is 7.67. The number of hydrogen-bond acceptors (Lipinski definition) is 10. The molecule has 0 spiro atoms. The van der Waals surface area contributed by atoms with Gasteiger partial charge in [-0.3, -0.25) is 23.3 Å². The SMILES string of the molecule is CC#CCn1c(N2CCCC(NC(=O)OC(C)(C)C)C2)nc2c1c(=O)n(Cc1nc(C)c3ccccc3n1)c(=O)n2CC(=O)OCC. The Kier molecular flexibility index (Phi) is 9.64. The number of nitrogens with one attached hydrogen (secondary N) is 1. The molecule has 0 bridgehead atoms. The van der Waals surface area contributed by atoms with E-state index >= 15 is 0 Å². The van der Waals surface area contributed by atoms with Crippen LogP contribution in [0.25, 0.3) is 22.1 Å². The van der Waals surface area contributed by atoms with Crippen molar-refractivity contribution >= 4 is 40.1 Å². The number of para-hydroxylation sites is 1. The van der Waals surface area contributed by atoms with Crippen LogP contribution in [-0.4, -0.2) is 72.1 Å². The van der Waals surface area contributed by atoms with Gasteiger partial charge in [-0.2, -0.15) is 4.98 Å². The van der Waals surface area contributed by atoms with E-state index in [-0.39, 0.29) is 42.7 Å². The number of amides is 1. The van der Waals surface area contributed by atoms with E-state index < -0.39 is 35.5 Å². The number of piperidine rings is 1. The molecule has 1 aliphatic heterocycles. The smallest absolute Gasteiger partial charge is 0.407 e. The van der Waals surface area contributed by atoms with E-state index in [0.29, 0.717) is 30.2 Å². The van der Waals surface area contributed by atoms with E-state index in [0.717, 1.165) is 27.4 Å². The number of nitrogens with zero attached hydrogens (tertiary/aromatic N) is 7. The summed E-state index contributed by atoms with van der Waals surface area (Å²) in [6.07, 6.45) is 0.921. The van der Waals surface area contributed by atoms with Crippen molar-refractivity contribution in [1.82, 2.24) is 34.0 Å². The van der Waals surface area contributed by atoms with E-state index in [1.54, 1.807) is 39.2 Å². The van der Waals surface area contributed by atoms with Crippen molar-refractivity contribution in [3.63, 3.8) is 0 Å². The standard InChI is InChI=1S/C33H40N8O6/c1-7-9-17-39-27-28(37-30(39)38-16-12-13-22(18-38)35-31(44)47-33(4,5)6)40(20-26(42)46-8-2)32(45)41(29(27)43)19-25-34-21(3)23-14-10-11-15-24(23)36-25/h10-11,14-15,22H,8,12-13,16-20H2,1-6H3,(H,35,44). The van der Waals surface area contributed by atoms with Crippen LogP contribution in [0, 0.1) is 18.8 Å². The molecule has 0 radical (unpaired) electrons. The Bertz CT molecular complexity index is 2010. The Balaban J connectivity index is 1.64. The number of imidazole rings is 1. The quantitative estimate of drug-likeness (QED) is 0.224. The number of alkyl carbamates (subject to hydrolysis) is 1. The lowest BCUT2D eigenvalue weighted by Crippen LogP contribution is -2.49. The Hall–Kier alpha value is -5.19. The van der Waals surface area contributed by atoms with Gasteiger partial charge < -0.3 is 19.7 Å². The number of esters is 1.